The summed E-state index contributed by atoms with van der Waals surface area (Å²) in [5.74, 6) is -0.484. The van der Waals surface area contributed by atoms with E-state index in [1.54, 1.807) is 6.07 Å². The average molecular weight is 197 g/mol. The van der Waals surface area contributed by atoms with Crippen molar-refractivity contribution in [3.63, 3.8) is 0 Å². The summed E-state index contributed by atoms with van der Waals surface area (Å²) >= 11 is 0. The molecule has 3 heteroatoms. The van der Waals surface area contributed by atoms with E-state index in [0.717, 1.165) is 25.3 Å². The zero-order valence-electron chi connectivity index (χ0n) is 8.33. The first-order valence-electron chi connectivity index (χ1n) is 4.89. The predicted octanol–water partition coefficient (Wildman–Crippen LogP) is 2.72. The Morgan fingerprint density at radius 3 is 2.79 bits per heavy atom. The molecule has 0 spiro atoms. The quantitative estimate of drug-likeness (QED) is 0.779. The number of rotatable bonds is 4. The van der Waals surface area contributed by atoms with Crippen molar-refractivity contribution in [2.75, 3.05) is 0 Å². The molecule has 1 aromatic rings. The van der Waals surface area contributed by atoms with Crippen molar-refractivity contribution in [3.05, 3.63) is 29.6 Å². The van der Waals surface area contributed by atoms with E-state index in [-0.39, 0.29) is 11.8 Å². The van der Waals surface area contributed by atoms with Crippen LogP contribution in [0.3, 0.4) is 0 Å². The van der Waals surface area contributed by atoms with Crippen LogP contribution in [-0.4, -0.2) is 5.11 Å². The summed E-state index contributed by atoms with van der Waals surface area (Å²) in [4.78, 5) is 0. The lowest BCUT2D eigenvalue weighted by atomic mass is 10.0. The Balaban J connectivity index is 2.74. The summed E-state index contributed by atoms with van der Waals surface area (Å²) in [5, 5.41) is 9.01. The number of phenols is 1. The van der Waals surface area contributed by atoms with Gasteiger partial charge in [0.25, 0.3) is 0 Å². The van der Waals surface area contributed by atoms with Crippen molar-refractivity contribution in [1.82, 2.24) is 0 Å². The second kappa shape index (κ2) is 4.96. The van der Waals surface area contributed by atoms with E-state index in [0.29, 0.717) is 5.56 Å². The molecule has 0 heterocycles. The molecule has 0 aliphatic rings. The van der Waals surface area contributed by atoms with Crippen molar-refractivity contribution in [2.24, 2.45) is 5.73 Å². The van der Waals surface area contributed by atoms with Crippen molar-refractivity contribution in [1.29, 1.82) is 0 Å². The number of phenolic OH excluding ortho intramolecular Hbond substituents is 1. The minimum atomic E-state index is -0.423. The van der Waals surface area contributed by atoms with Gasteiger partial charge in [0.2, 0.25) is 0 Å². The fourth-order valence-corrected chi connectivity index (χ4v) is 1.40. The van der Waals surface area contributed by atoms with Gasteiger partial charge in [0, 0.05) is 17.7 Å². The molecule has 0 aliphatic heterocycles. The van der Waals surface area contributed by atoms with Crippen LogP contribution in [0.5, 0.6) is 5.75 Å². The Kier molecular flexibility index (Phi) is 3.89. The summed E-state index contributed by atoms with van der Waals surface area (Å²) < 4.78 is 13.3. The number of hydrogen-bond donors (Lipinski definition) is 2. The van der Waals surface area contributed by atoms with Crippen LogP contribution < -0.4 is 5.73 Å². The number of hydrogen-bond acceptors (Lipinski definition) is 2. The Bertz CT molecular complexity index is 301. The number of aromatic hydroxyl groups is 1. The third kappa shape index (κ3) is 2.70. The molecule has 0 bridgehead atoms. The molecule has 0 fully saturated rings. The van der Waals surface area contributed by atoms with Crippen molar-refractivity contribution < 1.29 is 9.50 Å². The summed E-state index contributed by atoms with van der Waals surface area (Å²) in [5.41, 5.74) is 6.29. The average Bonchev–Trinajstić information content (AvgIpc) is 2.14. The van der Waals surface area contributed by atoms with Crippen LogP contribution >= 0.6 is 0 Å². The molecule has 0 saturated carbocycles. The van der Waals surface area contributed by atoms with Gasteiger partial charge in [-0.2, -0.15) is 0 Å². The van der Waals surface area contributed by atoms with Crippen LogP contribution in [-0.2, 0) is 0 Å². The highest BCUT2D eigenvalue weighted by molar-refractivity contribution is 5.29. The van der Waals surface area contributed by atoms with Gasteiger partial charge in [-0.1, -0.05) is 25.8 Å². The molecule has 0 aliphatic carbocycles. The van der Waals surface area contributed by atoms with Crippen LogP contribution in [0.25, 0.3) is 0 Å². The van der Waals surface area contributed by atoms with Gasteiger partial charge < -0.3 is 10.8 Å². The third-order valence-corrected chi connectivity index (χ3v) is 2.25. The highest BCUT2D eigenvalue weighted by Crippen LogP contribution is 2.22. The molecule has 0 radical (unpaired) electrons. The third-order valence-electron chi connectivity index (χ3n) is 2.25. The van der Waals surface area contributed by atoms with Gasteiger partial charge >= 0.3 is 0 Å². The lowest BCUT2D eigenvalue weighted by Gasteiger charge is -2.12. The molecule has 1 rings (SSSR count). The number of benzene rings is 1. The van der Waals surface area contributed by atoms with E-state index in [9.17, 15) is 4.39 Å². The second-order valence-electron chi connectivity index (χ2n) is 3.45. The molecule has 78 valence electrons. The standard InChI is InChI=1S/C11H16FNO/c1-2-3-4-11(13)9-6-5-8(14)7-10(9)12/h5-7,11,14H,2-4,13H2,1H3. The fraction of sp³-hybridized carbons (Fsp3) is 0.455. The van der Waals surface area contributed by atoms with Gasteiger partial charge in [0.15, 0.2) is 0 Å². The maximum Gasteiger partial charge on any atom is 0.131 e. The maximum atomic E-state index is 13.3. The van der Waals surface area contributed by atoms with Crippen molar-refractivity contribution in [2.45, 2.75) is 32.2 Å². The van der Waals surface area contributed by atoms with Crippen LogP contribution in [0.2, 0.25) is 0 Å². The molecule has 0 amide bonds. The largest absolute Gasteiger partial charge is 0.508 e. The van der Waals surface area contributed by atoms with Gasteiger partial charge in [0.1, 0.15) is 11.6 Å². The summed E-state index contributed by atoms with van der Waals surface area (Å²) in [7, 11) is 0. The molecule has 1 aromatic carbocycles. The molecule has 1 unspecified atom stereocenters. The van der Waals surface area contributed by atoms with Gasteiger partial charge in [-0.25, -0.2) is 4.39 Å². The summed E-state index contributed by atoms with van der Waals surface area (Å²) in [6.45, 7) is 2.07. The van der Waals surface area contributed by atoms with Gasteiger partial charge in [0.05, 0.1) is 0 Å². The zero-order valence-corrected chi connectivity index (χ0v) is 8.33. The van der Waals surface area contributed by atoms with E-state index in [4.69, 9.17) is 10.8 Å². The lowest BCUT2D eigenvalue weighted by Crippen LogP contribution is -2.11. The highest BCUT2D eigenvalue weighted by Gasteiger charge is 2.10. The lowest BCUT2D eigenvalue weighted by molar-refractivity contribution is 0.465. The topological polar surface area (TPSA) is 46.2 Å². The zero-order chi connectivity index (χ0) is 10.6. The first-order valence-corrected chi connectivity index (χ1v) is 4.89. The molecule has 2 nitrogen and oxygen atoms in total. The smallest absolute Gasteiger partial charge is 0.131 e. The molecular weight excluding hydrogens is 181 g/mol. The summed E-state index contributed by atoms with van der Waals surface area (Å²) in [6, 6.07) is 3.84. The van der Waals surface area contributed by atoms with E-state index in [1.165, 1.54) is 6.07 Å². The molecule has 3 N–H and O–H groups in total. The van der Waals surface area contributed by atoms with E-state index in [1.807, 2.05) is 0 Å². The van der Waals surface area contributed by atoms with Gasteiger partial charge in [-0.15, -0.1) is 0 Å². The number of unbranched alkanes of at least 4 members (excludes halogenated alkanes) is 1. The first kappa shape index (κ1) is 11.0. The molecule has 0 saturated heterocycles. The Hall–Kier alpha value is -1.09. The number of halogens is 1. The van der Waals surface area contributed by atoms with Crippen molar-refractivity contribution >= 4 is 0 Å². The molecule has 14 heavy (non-hydrogen) atoms. The van der Waals surface area contributed by atoms with Gasteiger partial charge in [-0.05, 0) is 12.5 Å². The van der Waals surface area contributed by atoms with Crippen molar-refractivity contribution in [3.8, 4) is 5.75 Å². The van der Waals surface area contributed by atoms with Crippen LogP contribution in [0.1, 0.15) is 37.8 Å². The fourth-order valence-electron chi connectivity index (χ4n) is 1.40. The SMILES string of the molecule is CCCCC(N)c1ccc(O)cc1F. The second-order valence-corrected chi connectivity index (χ2v) is 3.45. The minimum absolute atomic E-state index is 0.0612. The monoisotopic (exact) mass is 197 g/mol. The molecule has 1 atom stereocenters. The number of nitrogens with two attached hydrogens (primary N) is 1. The van der Waals surface area contributed by atoms with E-state index < -0.39 is 5.82 Å². The predicted molar refractivity (Wildman–Crippen MR) is 54.5 cm³/mol. The normalized spacial score (nSPS) is 12.8. The molecular formula is C11H16FNO. The Morgan fingerprint density at radius 1 is 1.50 bits per heavy atom. The van der Waals surface area contributed by atoms with Crippen LogP contribution in [0, 0.1) is 5.82 Å². The van der Waals surface area contributed by atoms with E-state index >= 15 is 0 Å². The van der Waals surface area contributed by atoms with Crippen LogP contribution in [0.15, 0.2) is 18.2 Å². The van der Waals surface area contributed by atoms with Crippen LogP contribution in [0.4, 0.5) is 4.39 Å². The summed E-state index contributed by atoms with van der Waals surface area (Å²) in [6.07, 6.45) is 2.81. The Morgan fingerprint density at radius 2 is 2.21 bits per heavy atom. The van der Waals surface area contributed by atoms with Gasteiger partial charge in [-0.3, -0.25) is 0 Å². The highest BCUT2D eigenvalue weighted by atomic mass is 19.1. The Labute approximate surface area is 83.6 Å². The minimum Gasteiger partial charge on any atom is -0.508 e. The maximum absolute atomic E-state index is 13.3. The van der Waals surface area contributed by atoms with E-state index in [2.05, 4.69) is 6.92 Å². The first-order chi connectivity index (χ1) is 6.65. The molecule has 0 aromatic heterocycles.